The van der Waals surface area contributed by atoms with Crippen LogP contribution in [0, 0.1) is 0 Å². The molecule has 0 heterocycles. The minimum Gasteiger partial charge on any atom is -0.463 e. The van der Waals surface area contributed by atoms with Gasteiger partial charge in [0.25, 0.3) is 15.9 Å². The maximum absolute atomic E-state index is 12.9. The first-order valence-electron chi connectivity index (χ1n) is 10.5. The normalized spacial score (nSPS) is 12.1. The van der Waals surface area contributed by atoms with Gasteiger partial charge in [-0.2, -0.15) is 0 Å². The van der Waals surface area contributed by atoms with Gasteiger partial charge in [-0.05, 0) is 55.8 Å². The topological polar surface area (TPSA) is 102 Å². The molecule has 0 aromatic heterocycles. The van der Waals surface area contributed by atoms with Crippen LogP contribution >= 0.6 is 0 Å². The monoisotopic (exact) mass is 466 g/mol. The number of rotatable bonds is 9. The lowest BCUT2D eigenvalue weighted by molar-refractivity contribution is -0.147. The molecule has 0 saturated carbocycles. The van der Waals surface area contributed by atoms with Gasteiger partial charge in [0.15, 0.2) is 0 Å². The van der Waals surface area contributed by atoms with Crippen LogP contribution in [0.5, 0.6) is 0 Å². The predicted octanol–water partition coefficient (Wildman–Crippen LogP) is 4.30. The van der Waals surface area contributed by atoms with Gasteiger partial charge in [-0.15, -0.1) is 0 Å². The summed E-state index contributed by atoms with van der Waals surface area (Å²) >= 11 is 0. The summed E-state index contributed by atoms with van der Waals surface area (Å²) in [4.78, 5) is 25.1. The molecule has 1 atom stereocenters. The van der Waals surface area contributed by atoms with Crippen LogP contribution in [0.15, 0.2) is 89.8 Å². The molecule has 0 spiro atoms. The molecule has 0 aliphatic rings. The summed E-state index contributed by atoms with van der Waals surface area (Å²) in [5.74, 6) is -0.853. The number of carbonyl (C=O) groups excluding carboxylic acids is 2. The smallest absolute Gasteiger partial charge is 0.308 e. The Bertz CT molecular complexity index is 1180. The van der Waals surface area contributed by atoms with E-state index in [1.54, 1.807) is 44.2 Å². The van der Waals surface area contributed by atoms with Gasteiger partial charge in [-0.1, -0.05) is 48.5 Å². The fourth-order valence-corrected chi connectivity index (χ4v) is 4.22. The van der Waals surface area contributed by atoms with Crippen molar-refractivity contribution < 1.29 is 22.7 Å². The average molecular weight is 467 g/mol. The Morgan fingerprint density at radius 3 is 2.00 bits per heavy atom. The van der Waals surface area contributed by atoms with Crippen LogP contribution in [0.1, 0.15) is 42.2 Å². The summed E-state index contributed by atoms with van der Waals surface area (Å²) in [5.41, 5.74) is 1.47. The molecule has 7 nitrogen and oxygen atoms in total. The van der Waals surface area contributed by atoms with Crippen molar-refractivity contribution in [3.63, 3.8) is 0 Å². The van der Waals surface area contributed by atoms with E-state index in [9.17, 15) is 18.0 Å². The molecule has 0 aliphatic carbocycles. The molecule has 2 N–H and O–H groups in total. The van der Waals surface area contributed by atoms with Crippen molar-refractivity contribution in [2.24, 2.45) is 0 Å². The molecule has 172 valence electrons. The summed E-state index contributed by atoms with van der Waals surface area (Å²) in [5, 5.41) is 2.85. The Morgan fingerprint density at radius 1 is 0.848 bits per heavy atom. The highest BCUT2D eigenvalue weighted by Crippen LogP contribution is 2.20. The van der Waals surface area contributed by atoms with E-state index in [-0.39, 0.29) is 23.0 Å². The maximum Gasteiger partial charge on any atom is 0.308 e. The molecule has 0 bridgehead atoms. The van der Waals surface area contributed by atoms with Crippen molar-refractivity contribution in [3.8, 4) is 0 Å². The highest BCUT2D eigenvalue weighted by Gasteiger charge is 2.21. The van der Waals surface area contributed by atoms with Crippen LogP contribution in [-0.2, 0) is 19.6 Å². The van der Waals surface area contributed by atoms with Gasteiger partial charge in [0, 0.05) is 11.3 Å². The SMILES string of the molecule is CC(C)OC(=O)CC(NC(=O)c1ccc(S(=O)(=O)Nc2ccccc2)cc1)c1ccccc1. The molecule has 33 heavy (non-hydrogen) atoms. The van der Waals surface area contributed by atoms with Crippen LogP contribution in [0.3, 0.4) is 0 Å². The van der Waals surface area contributed by atoms with Crippen molar-refractivity contribution in [1.82, 2.24) is 5.32 Å². The Labute approximate surface area is 193 Å². The number of nitrogens with one attached hydrogen (secondary N) is 2. The lowest BCUT2D eigenvalue weighted by Gasteiger charge is -2.19. The zero-order valence-electron chi connectivity index (χ0n) is 18.4. The quantitative estimate of drug-likeness (QED) is 0.458. The molecular formula is C25H26N2O5S. The molecule has 1 amide bonds. The van der Waals surface area contributed by atoms with Crippen LogP contribution in [0.4, 0.5) is 5.69 Å². The first-order valence-corrected chi connectivity index (χ1v) is 12.0. The van der Waals surface area contributed by atoms with E-state index in [2.05, 4.69) is 10.0 Å². The number of anilines is 1. The molecule has 8 heteroatoms. The third kappa shape index (κ3) is 6.92. The van der Waals surface area contributed by atoms with Gasteiger partial charge < -0.3 is 10.1 Å². The van der Waals surface area contributed by atoms with Crippen LogP contribution in [0.2, 0.25) is 0 Å². The summed E-state index contributed by atoms with van der Waals surface area (Å²) in [7, 11) is -3.79. The van der Waals surface area contributed by atoms with E-state index in [1.807, 2.05) is 30.3 Å². The molecule has 0 saturated heterocycles. The molecule has 3 rings (SSSR count). The molecule has 3 aromatic carbocycles. The molecule has 0 aliphatic heterocycles. The second kappa shape index (κ2) is 10.8. The van der Waals surface area contributed by atoms with E-state index in [4.69, 9.17) is 4.74 Å². The lowest BCUT2D eigenvalue weighted by atomic mass is 10.0. The number of para-hydroxylation sites is 1. The minimum atomic E-state index is -3.79. The Morgan fingerprint density at radius 2 is 1.42 bits per heavy atom. The number of hydrogen-bond donors (Lipinski definition) is 2. The van der Waals surface area contributed by atoms with Gasteiger partial charge >= 0.3 is 5.97 Å². The standard InChI is InChI=1S/C25H26N2O5S/c1-18(2)32-24(28)17-23(19-9-5-3-6-10-19)26-25(29)20-13-15-22(16-14-20)33(30,31)27-21-11-7-4-8-12-21/h3-16,18,23,27H,17H2,1-2H3,(H,26,29). The Kier molecular flexibility index (Phi) is 7.84. The van der Waals surface area contributed by atoms with Crippen molar-refractivity contribution in [2.45, 2.75) is 37.3 Å². The highest BCUT2D eigenvalue weighted by molar-refractivity contribution is 7.92. The molecule has 0 radical (unpaired) electrons. The van der Waals surface area contributed by atoms with Crippen molar-refractivity contribution in [3.05, 3.63) is 96.1 Å². The average Bonchev–Trinajstić information content (AvgIpc) is 2.79. The zero-order valence-corrected chi connectivity index (χ0v) is 19.2. The minimum absolute atomic E-state index is 0.0264. The summed E-state index contributed by atoms with van der Waals surface area (Å²) in [6.45, 7) is 3.52. The number of esters is 1. The fraction of sp³-hybridized carbons (Fsp3) is 0.200. The second-order valence-corrected chi connectivity index (χ2v) is 9.36. The van der Waals surface area contributed by atoms with E-state index in [0.717, 1.165) is 5.56 Å². The van der Waals surface area contributed by atoms with E-state index >= 15 is 0 Å². The van der Waals surface area contributed by atoms with E-state index in [0.29, 0.717) is 5.69 Å². The summed E-state index contributed by atoms with van der Waals surface area (Å²) in [6, 6.07) is 22.7. The van der Waals surface area contributed by atoms with Gasteiger partial charge in [0.2, 0.25) is 0 Å². The lowest BCUT2D eigenvalue weighted by Crippen LogP contribution is -2.31. The Hall–Kier alpha value is -3.65. The second-order valence-electron chi connectivity index (χ2n) is 7.68. The third-order valence-corrected chi connectivity index (χ3v) is 6.10. The summed E-state index contributed by atoms with van der Waals surface area (Å²) < 4.78 is 32.9. The highest BCUT2D eigenvalue weighted by atomic mass is 32.2. The fourth-order valence-electron chi connectivity index (χ4n) is 3.16. The number of carbonyl (C=O) groups is 2. The Balaban J connectivity index is 1.74. The molecule has 0 fully saturated rings. The number of benzene rings is 3. The first kappa shape index (κ1) is 24.0. The molecule has 1 unspecified atom stereocenters. The van der Waals surface area contributed by atoms with Gasteiger partial charge in [-0.3, -0.25) is 14.3 Å². The van der Waals surface area contributed by atoms with Crippen molar-refractivity contribution >= 4 is 27.6 Å². The first-order chi connectivity index (χ1) is 15.7. The number of amides is 1. The van der Waals surface area contributed by atoms with Gasteiger partial charge in [-0.25, -0.2) is 8.42 Å². The van der Waals surface area contributed by atoms with Crippen LogP contribution in [0.25, 0.3) is 0 Å². The number of hydrogen-bond acceptors (Lipinski definition) is 5. The van der Waals surface area contributed by atoms with Crippen LogP contribution < -0.4 is 10.0 Å². The third-order valence-electron chi connectivity index (χ3n) is 4.70. The van der Waals surface area contributed by atoms with E-state index in [1.165, 1.54) is 24.3 Å². The molecule has 3 aromatic rings. The zero-order chi connectivity index (χ0) is 23.8. The van der Waals surface area contributed by atoms with Crippen molar-refractivity contribution in [2.75, 3.05) is 4.72 Å². The van der Waals surface area contributed by atoms with Crippen molar-refractivity contribution in [1.29, 1.82) is 0 Å². The number of ether oxygens (including phenoxy) is 1. The van der Waals surface area contributed by atoms with Gasteiger partial charge in [0.1, 0.15) is 0 Å². The predicted molar refractivity (Wildman–Crippen MR) is 126 cm³/mol. The molecular weight excluding hydrogens is 440 g/mol. The maximum atomic E-state index is 12.9. The largest absolute Gasteiger partial charge is 0.463 e. The van der Waals surface area contributed by atoms with Gasteiger partial charge in [0.05, 0.1) is 23.5 Å². The van der Waals surface area contributed by atoms with E-state index < -0.39 is 27.9 Å². The summed E-state index contributed by atoms with van der Waals surface area (Å²) in [6.07, 6.45) is -0.287. The number of sulfonamides is 1. The van der Waals surface area contributed by atoms with Crippen LogP contribution in [-0.4, -0.2) is 26.4 Å².